The van der Waals surface area contributed by atoms with E-state index in [4.69, 9.17) is 5.11 Å². The van der Waals surface area contributed by atoms with Gasteiger partial charge in [0.1, 0.15) is 5.69 Å². The molecule has 0 unspecified atom stereocenters. The number of aromatic amines is 1. The number of H-pyrrole nitrogens is 1. The third-order valence-corrected chi connectivity index (χ3v) is 4.85. The second-order valence-corrected chi connectivity index (χ2v) is 6.57. The molecule has 1 aliphatic heterocycles. The Morgan fingerprint density at radius 2 is 1.64 bits per heavy atom. The molecule has 0 radical (unpaired) electrons. The van der Waals surface area contributed by atoms with Crippen LogP contribution in [0.2, 0.25) is 0 Å². The van der Waals surface area contributed by atoms with Gasteiger partial charge in [-0.1, -0.05) is 12.1 Å². The van der Waals surface area contributed by atoms with E-state index in [9.17, 15) is 4.79 Å². The van der Waals surface area contributed by atoms with E-state index in [0.29, 0.717) is 0 Å². The van der Waals surface area contributed by atoms with Crippen molar-refractivity contribution < 1.29 is 9.90 Å². The number of hydrogen-bond donors (Lipinski definition) is 2. The Morgan fingerprint density at radius 1 is 0.960 bits per heavy atom. The summed E-state index contributed by atoms with van der Waals surface area (Å²) in [6, 6.07) is 16.4. The van der Waals surface area contributed by atoms with Crippen LogP contribution in [0.25, 0.3) is 10.9 Å². The summed E-state index contributed by atoms with van der Waals surface area (Å²) < 4.78 is 0. The minimum Gasteiger partial charge on any atom is -0.477 e. The molecule has 1 aromatic heterocycles. The van der Waals surface area contributed by atoms with Crippen LogP contribution in [-0.2, 0) is 0 Å². The van der Waals surface area contributed by atoms with E-state index in [1.165, 1.54) is 11.3 Å². The quantitative estimate of drug-likeness (QED) is 0.769. The molecule has 0 amide bonds. The predicted molar refractivity (Wildman–Crippen MR) is 101 cm³/mol. The fraction of sp³-hybridized carbons (Fsp3) is 0.250. The van der Waals surface area contributed by atoms with Crippen molar-refractivity contribution in [3.05, 3.63) is 59.8 Å². The molecular weight excluding hydrogens is 314 g/mol. The highest BCUT2D eigenvalue weighted by Crippen LogP contribution is 2.25. The Balaban J connectivity index is 1.50. The summed E-state index contributed by atoms with van der Waals surface area (Å²) in [6.07, 6.45) is 0. The summed E-state index contributed by atoms with van der Waals surface area (Å²) in [5.41, 5.74) is 4.81. The van der Waals surface area contributed by atoms with E-state index in [0.717, 1.165) is 42.8 Å². The monoisotopic (exact) mass is 335 g/mol. The van der Waals surface area contributed by atoms with Crippen molar-refractivity contribution in [2.45, 2.75) is 6.92 Å². The van der Waals surface area contributed by atoms with Gasteiger partial charge in [0, 0.05) is 48.5 Å². The van der Waals surface area contributed by atoms with Crippen molar-refractivity contribution in [1.82, 2.24) is 4.98 Å². The van der Waals surface area contributed by atoms with Gasteiger partial charge in [-0.2, -0.15) is 0 Å². The largest absolute Gasteiger partial charge is 0.477 e. The first kappa shape index (κ1) is 15.6. The lowest BCUT2D eigenvalue weighted by Gasteiger charge is -2.37. The topological polar surface area (TPSA) is 59.6 Å². The summed E-state index contributed by atoms with van der Waals surface area (Å²) >= 11 is 0. The van der Waals surface area contributed by atoms with Crippen LogP contribution in [0.15, 0.2) is 48.5 Å². The van der Waals surface area contributed by atoms with Crippen LogP contribution in [0.4, 0.5) is 11.4 Å². The van der Waals surface area contributed by atoms with Crippen LogP contribution in [0.1, 0.15) is 16.1 Å². The number of nitrogens with zero attached hydrogens (tertiary/aromatic N) is 2. The Labute approximate surface area is 146 Å². The van der Waals surface area contributed by atoms with Crippen LogP contribution >= 0.6 is 0 Å². The van der Waals surface area contributed by atoms with Crippen LogP contribution in [0.3, 0.4) is 0 Å². The molecule has 5 heteroatoms. The molecule has 1 aliphatic rings. The smallest absolute Gasteiger partial charge is 0.352 e. The molecule has 0 bridgehead atoms. The van der Waals surface area contributed by atoms with Crippen molar-refractivity contribution in [2.75, 3.05) is 36.0 Å². The van der Waals surface area contributed by atoms with Crippen molar-refractivity contribution in [3.63, 3.8) is 0 Å². The number of aromatic carboxylic acids is 1. The van der Waals surface area contributed by atoms with Gasteiger partial charge in [-0.3, -0.25) is 0 Å². The molecular formula is C20H21N3O2. The molecule has 1 fully saturated rings. The first-order chi connectivity index (χ1) is 12.1. The van der Waals surface area contributed by atoms with Gasteiger partial charge in [0.2, 0.25) is 0 Å². The average Bonchev–Trinajstić information content (AvgIpc) is 3.05. The normalized spacial score (nSPS) is 14.9. The summed E-state index contributed by atoms with van der Waals surface area (Å²) in [6.45, 7) is 5.99. The Hall–Kier alpha value is -2.95. The van der Waals surface area contributed by atoms with Crippen molar-refractivity contribution in [2.24, 2.45) is 0 Å². The lowest BCUT2D eigenvalue weighted by molar-refractivity contribution is 0.0691. The van der Waals surface area contributed by atoms with E-state index in [2.05, 4.69) is 58.1 Å². The fourth-order valence-corrected chi connectivity index (χ4v) is 3.48. The number of carboxylic acid groups (broad SMARTS) is 1. The molecule has 0 atom stereocenters. The van der Waals surface area contributed by atoms with E-state index >= 15 is 0 Å². The maximum absolute atomic E-state index is 11.1. The second kappa shape index (κ2) is 6.16. The lowest BCUT2D eigenvalue weighted by atomic mass is 10.1. The summed E-state index contributed by atoms with van der Waals surface area (Å²) in [5, 5.41) is 10.1. The standard InChI is InChI=1S/C20H21N3O2/c1-14-3-2-4-16(11-14)22-7-9-23(10-8-22)17-5-6-18-15(12-17)13-19(21-18)20(24)25/h2-6,11-13,21H,7-10H2,1H3,(H,24,25). The summed E-state index contributed by atoms with van der Waals surface area (Å²) in [7, 11) is 0. The number of fused-ring (bicyclic) bond motifs is 1. The molecule has 0 aliphatic carbocycles. The predicted octanol–water partition coefficient (Wildman–Crippen LogP) is 3.50. The number of carboxylic acids is 1. The van der Waals surface area contributed by atoms with Crippen molar-refractivity contribution in [1.29, 1.82) is 0 Å². The molecule has 4 rings (SSSR count). The van der Waals surface area contributed by atoms with Gasteiger partial charge in [0.05, 0.1) is 0 Å². The minimum absolute atomic E-state index is 0.233. The van der Waals surface area contributed by atoms with Crippen LogP contribution < -0.4 is 9.80 Å². The minimum atomic E-state index is -0.926. The number of hydrogen-bond acceptors (Lipinski definition) is 3. The number of aryl methyl sites for hydroxylation is 1. The van der Waals surface area contributed by atoms with E-state index in [1.54, 1.807) is 6.07 Å². The highest BCUT2D eigenvalue weighted by atomic mass is 16.4. The van der Waals surface area contributed by atoms with Crippen LogP contribution in [-0.4, -0.2) is 42.2 Å². The van der Waals surface area contributed by atoms with Gasteiger partial charge in [-0.15, -0.1) is 0 Å². The van der Waals surface area contributed by atoms with E-state index < -0.39 is 5.97 Å². The number of benzene rings is 2. The molecule has 128 valence electrons. The van der Waals surface area contributed by atoms with Gasteiger partial charge >= 0.3 is 5.97 Å². The Bertz CT molecular complexity index is 924. The number of carbonyl (C=O) groups is 1. The van der Waals surface area contributed by atoms with Gasteiger partial charge in [0.15, 0.2) is 0 Å². The Morgan fingerprint density at radius 3 is 2.28 bits per heavy atom. The maximum Gasteiger partial charge on any atom is 0.352 e. The highest BCUT2D eigenvalue weighted by molar-refractivity contribution is 5.94. The molecule has 2 N–H and O–H groups in total. The van der Waals surface area contributed by atoms with Crippen molar-refractivity contribution in [3.8, 4) is 0 Å². The number of anilines is 2. The molecule has 25 heavy (non-hydrogen) atoms. The van der Waals surface area contributed by atoms with Gasteiger partial charge in [0.25, 0.3) is 0 Å². The molecule has 2 heterocycles. The van der Waals surface area contributed by atoms with Gasteiger partial charge in [-0.05, 0) is 48.9 Å². The zero-order valence-corrected chi connectivity index (χ0v) is 14.2. The Kier molecular flexibility index (Phi) is 3.84. The number of rotatable bonds is 3. The molecule has 0 spiro atoms. The van der Waals surface area contributed by atoms with Crippen molar-refractivity contribution >= 4 is 28.2 Å². The first-order valence-electron chi connectivity index (χ1n) is 8.53. The SMILES string of the molecule is Cc1cccc(N2CCN(c3ccc4[nH]c(C(=O)O)cc4c3)CC2)c1. The third-order valence-electron chi connectivity index (χ3n) is 4.85. The van der Waals surface area contributed by atoms with Crippen LogP contribution in [0, 0.1) is 6.92 Å². The number of nitrogens with one attached hydrogen (secondary N) is 1. The molecule has 1 saturated heterocycles. The third kappa shape index (κ3) is 3.05. The number of aromatic nitrogens is 1. The lowest BCUT2D eigenvalue weighted by Crippen LogP contribution is -2.46. The first-order valence-corrected chi connectivity index (χ1v) is 8.53. The van der Waals surface area contributed by atoms with Gasteiger partial charge in [-0.25, -0.2) is 4.79 Å². The zero-order chi connectivity index (χ0) is 17.4. The molecule has 2 aromatic carbocycles. The van der Waals surface area contributed by atoms with Gasteiger partial charge < -0.3 is 19.9 Å². The molecule has 5 nitrogen and oxygen atoms in total. The second-order valence-electron chi connectivity index (χ2n) is 6.57. The zero-order valence-electron chi connectivity index (χ0n) is 14.2. The van der Waals surface area contributed by atoms with E-state index in [1.807, 2.05) is 6.07 Å². The summed E-state index contributed by atoms with van der Waals surface area (Å²) in [5.74, 6) is -0.926. The fourth-order valence-electron chi connectivity index (χ4n) is 3.48. The van der Waals surface area contributed by atoms with Crippen LogP contribution in [0.5, 0.6) is 0 Å². The van der Waals surface area contributed by atoms with E-state index in [-0.39, 0.29) is 5.69 Å². The maximum atomic E-state index is 11.1. The molecule has 0 saturated carbocycles. The number of piperazine rings is 1. The summed E-state index contributed by atoms with van der Waals surface area (Å²) in [4.78, 5) is 18.8. The highest BCUT2D eigenvalue weighted by Gasteiger charge is 2.18. The average molecular weight is 335 g/mol. The molecule has 3 aromatic rings.